The highest BCUT2D eigenvalue weighted by Gasteiger charge is 2.06. The van der Waals surface area contributed by atoms with Gasteiger partial charge < -0.3 is 4.90 Å². The number of likely N-dealkylation sites (tertiary alicyclic amines) is 1. The van der Waals surface area contributed by atoms with Crippen molar-refractivity contribution in [2.45, 2.75) is 60.3 Å². The van der Waals surface area contributed by atoms with E-state index in [-0.39, 0.29) is 0 Å². The van der Waals surface area contributed by atoms with Gasteiger partial charge in [0.05, 0.1) is 0 Å². The highest BCUT2D eigenvalue weighted by Crippen LogP contribution is 2.04. The van der Waals surface area contributed by atoms with Crippen molar-refractivity contribution in [2.75, 3.05) is 19.6 Å². The van der Waals surface area contributed by atoms with Gasteiger partial charge in [0.15, 0.2) is 0 Å². The average Bonchev–Trinajstić information content (AvgIpc) is 2.74. The van der Waals surface area contributed by atoms with E-state index in [4.69, 9.17) is 0 Å². The van der Waals surface area contributed by atoms with E-state index in [9.17, 15) is 0 Å². The summed E-state index contributed by atoms with van der Waals surface area (Å²) >= 11 is 0. The van der Waals surface area contributed by atoms with Crippen molar-refractivity contribution >= 4 is 0 Å². The van der Waals surface area contributed by atoms with Gasteiger partial charge in [-0.05, 0) is 32.5 Å². The van der Waals surface area contributed by atoms with Gasteiger partial charge in [-0.15, -0.1) is 0 Å². The molecule has 0 N–H and O–H groups in total. The lowest BCUT2D eigenvalue weighted by atomic mass is 10.4. The van der Waals surface area contributed by atoms with Crippen molar-refractivity contribution in [3.63, 3.8) is 0 Å². The molecule has 13 heavy (non-hydrogen) atoms. The van der Waals surface area contributed by atoms with Crippen molar-refractivity contribution in [1.29, 1.82) is 0 Å². The molecule has 1 fully saturated rings. The Balaban J connectivity index is 0. The molecule has 0 aromatic heterocycles. The van der Waals surface area contributed by atoms with Crippen molar-refractivity contribution in [1.82, 2.24) is 4.90 Å². The lowest BCUT2D eigenvalue weighted by Gasteiger charge is -2.08. The van der Waals surface area contributed by atoms with Crippen molar-refractivity contribution in [3.05, 3.63) is 0 Å². The van der Waals surface area contributed by atoms with Crippen LogP contribution >= 0.6 is 0 Å². The van der Waals surface area contributed by atoms with Crippen LogP contribution in [0.4, 0.5) is 0 Å². The molecule has 0 spiro atoms. The Morgan fingerprint density at radius 3 is 1.38 bits per heavy atom. The molecule has 1 rings (SSSR count). The monoisotopic (exact) mass is 187 g/mol. The molecule has 0 aromatic rings. The van der Waals surface area contributed by atoms with E-state index in [0.29, 0.717) is 0 Å². The third-order valence-corrected chi connectivity index (χ3v) is 2.15. The molecule has 0 atom stereocenters. The average molecular weight is 187 g/mol. The van der Waals surface area contributed by atoms with Crippen LogP contribution in [0.25, 0.3) is 0 Å². The molecule has 1 aliphatic heterocycles. The summed E-state index contributed by atoms with van der Waals surface area (Å²) in [5, 5.41) is 0. The van der Waals surface area contributed by atoms with Crippen LogP contribution in [0.1, 0.15) is 60.3 Å². The van der Waals surface area contributed by atoms with E-state index in [1.54, 1.807) is 0 Å². The zero-order chi connectivity index (χ0) is 10.5. The number of hydrogen-bond donors (Lipinski definition) is 0. The zero-order valence-corrected chi connectivity index (χ0v) is 10.4. The van der Waals surface area contributed by atoms with Crippen molar-refractivity contribution in [3.8, 4) is 0 Å². The molecule has 1 aliphatic rings. The predicted octanol–water partition coefficient (Wildman–Crippen LogP) is 3.93. The number of hydrogen-bond acceptors (Lipinski definition) is 1. The minimum absolute atomic E-state index is 1.25. The van der Waals surface area contributed by atoms with E-state index in [1.165, 1.54) is 45.3 Å². The Kier molecular flexibility index (Phi) is 17.2. The van der Waals surface area contributed by atoms with Crippen LogP contribution in [0, 0.1) is 0 Å². The summed E-state index contributed by atoms with van der Waals surface area (Å²) in [6.45, 7) is 14.5. The zero-order valence-electron chi connectivity index (χ0n) is 10.4. The number of unbranched alkanes of at least 4 members (excludes halogenated alkanes) is 1. The molecule has 0 aliphatic carbocycles. The first-order valence-electron chi connectivity index (χ1n) is 6.07. The molecule has 1 heteroatoms. The Bertz CT molecular complexity index is 63.5. The Hall–Kier alpha value is -0.0400. The first-order valence-corrected chi connectivity index (χ1v) is 6.07. The normalized spacial score (nSPS) is 15.5. The van der Waals surface area contributed by atoms with Crippen LogP contribution in [0.2, 0.25) is 0 Å². The molecule has 1 nitrogen and oxygen atoms in total. The van der Waals surface area contributed by atoms with Crippen LogP contribution < -0.4 is 0 Å². The highest BCUT2D eigenvalue weighted by molar-refractivity contribution is 4.62. The predicted molar refractivity (Wildman–Crippen MR) is 63.3 cm³/mol. The van der Waals surface area contributed by atoms with Gasteiger partial charge >= 0.3 is 0 Å². The smallest absolute Gasteiger partial charge is 0.00184 e. The topological polar surface area (TPSA) is 3.24 Å². The van der Waals surface area contributed by atoms with Crippen LogP contribution in [0.15, 0.2) is 0 Å². The van der Waals surface area contributed by atoms with Crippen molar-refractivity contribution in [2.24, 2.45) is 0 Å². The summed E-state index contributed by atoms with van der Waals surface area (Å²) in [5.41, 5.74) is 0. The maximum Gasteiger partial charge on any atom is -0.00184 e. The third kappa shape index (κ3) is 12.0. The molecule has 0 saturated carbocycles. The molecule has 1 heterocycles. The fourth-order valence-corrected chi connectivity index (χ4v) is 1.10. The van der Waals surface area contributed by atoms with Gasteiger partial charge in [-0.25, -0.2) is 0 Å². The summed E-state index contributed by atoms with van der Waals surface area (Å²) in [5.74, 6) is 0. The summed E-state index contributed by atoms with van der Waals surface area (Å²) in [4.78, 5) is 2.49. The molecule has 0 amide bonds. The number of rotatable bonds is 2. The Labute approximate surface area is 85.5 Å². The summed E-state index contributed by atoms with van der Waals surface area (Å²) < 4.78 is 0. The summed E-state index contributed by atoms with van der Waals surface area (Å²) in [6.07, 6.45) is 5.49. The minimum atomic E-state index is 1.25. The molecular formula is C12H29N. The highest BCUT2D eigenvalue weighted by atomic mass is 15.1. The van der Waals surface area contributed by atoms with E-state index < -0.39 is 0 Å². The first-order chi connectivity index (χ1) is 6.35. The maximum absolute atomic E-state index is 2.49. The quantitative estimate of drug-likeness (QED) is 0.633. The fraction of sp³-hybridized carbons (Fsp3) is 1.00. The van der Waals surface area contributed by atoms with Crippen LogP contribution in [-0.2, 0) is 0 Å². The van der Waals surface area contributed by atoms with Crippen LogP contribution in [-0.4, -0.2) is 24.5 Å². The molecule has 0 bridgehead atoms. The van der Waals surface area contributed by atoms with Crippen molar-refractivity contribution < 1.29 is 0 Å². The lowest BCUT2D eigenvalue weighted by molar-refractivity contribution is 0.359. The van der Waals surface area contributed by atoms with Crippen LogP contribution in [0.3, 0.4) is 0 Å². The molecule has 0 unspecified atom stereocenters. The van der Waals surface area contributed by atoms with Gasteiger partial charge in [0.1, 0.15) is 0 Å². The maximum atomic E-state index is 2.49. The molecular weight excluding hydrogens is 158 g/mol. The van der Waals surface area contributed by atoms with Crippen LogP contribution in [0.5, 0.6) is 0 Å². The number of nitrogens with zero attached hydrogens (tertiary/aromatic N) is 1. The molecule has 82 valence electrons. The summed E-state index contributed by atoms with van der Waals surface area (Å²) in [7, 11) is 0. The van der Waals surface area contributed by atoms with E-state index >= 15 is 0 Å². The van der Waals surface area contributed by atoms with Gasteiger partial charge in [0.2, 0.25) is 0 Å². The van der Waals surface area contributed by atoms with Gasteiger partial charge in [0, 0.05) is 0 Å². The Morgan fingerprint density at radius 1 is 0.846 bits per heavy atom. The largest absolute Gasteiger partial charge is 0.304 e. The SMILES string of the molecule is CC.CCCC.CCN1CCCC1. The third-order valence-electron chi connectivity index (χ3n) is 2.15. The molecule has 0 aromatic carbocycles. The second-order valence-corrected chi connectivity index (χ2v) is 3.14. The lowest BCUT2D eigenvalue weighted by Crippen LogP contribution is -2.17. The van der Waals surface area contributed by atoms with E-state index in [2.05, 4.69) is 25.7 Å². The second kappa shape index (κ2) is 14.5. The van der Waals surface area contributed by atoms with E-state index in [1.807, 2.05) is 13.8 Å². The van der Waals surface area contributed by atoms with Gasteiger partial charge in [0.25, 0.3) is 0 Å². The summed E-state index contributed by atoms with van der Waals surface area (Å²) in [6, 6.07) is 0. The molecule has 0 radical (unpaired) electrons. The standard InChI is InChI=1S/C6H13N.C4H10.C2H6/c1-2-7-5-3-4-6-7;1-3-4-2;1-2/h2-6H2,1H3;3-4H2,1-2H3;1-2H3. The Morgan fingerprint density at radius 2 is 1.23 bits per heavy atom. The van der Waals surface area contributed by atoms with Gasteiger partial charge in [-0.1, -0.05) is 47.5 Å². The first kappa shape index (κ1) is 15.4. The van der Waals surface area contributed by atoms with Gasteiger partial charge in [-0.2, -0.15) is 0 Å². The second-order valence-electron chi connectivity index (χ2n) is 3.14. The van der Waals surface area contributed by atoms with Gasteiger partial charge in [-0.3, -0.25) is 0 Å². The minimum Gasteiger partial charge on any atom is -0.304 e. The van der Waals surface area contributed by atoms with E-state index in [0.717, 1.165) is 0 Å². The fourth-order valence-electron chi connectivity index (χ4n) is 1.10. The molecule has 1 saturated heterocycles.